The highest BCUT2D eigenvalue weighted by atomic mass is 16.7. The van der Waals surface area contributed by atoms with Crippen LogP contribution in [0.4, 0.5) is 5.69 Å². The van der Waals surface area contributed by atoms with Crippen LogP contribution in [0.25, 0.3) is 0 Å². The Morgan fingerprint density at radius 1 is 1.18 bits per heavy atom. The van der Waals surface area contributed by atoms with E-state index in [9.17, 15) is 9.59 Å². The molecule has 0 spiro atoms. The number of carbonyl (C=O) groups excluding carboxylic acids is 2. The normalized spacial score (nSPS) is 20.4. The van der Waals surface area contributed by atoms with Gasteiger partial charge in [0.2, 0.25) is 11.8 Å². The first-order valence-corrected chi connectivity index (χ1v) is 11.6. The van der Waals surface area contributed by atoms with Crippen LogP contribution in [0.15, 0.2) is 42.5 Å². The molecule has 2 aromatic carbocycles. The number of ether oxygens (including phenoxy) is 3. The summed E-state index contributed by atoms with van der Waals surface area (Å²) in [7, 11) is 1.60. The van der Waals surface area contributed by atoms with Crippen LogP contribution < -0.4 is 14.8 Å². The van der Waals surface area contributed by atoms with Crippen LogP contribution in [0.2, 0.25) is 0 Å². The SMILES string of the molecule is COc1ccc(C2CC(=O)N(CC(=O)Nc3ccc(C(C)C)cc3)C2)cc1OC1CCCO1. The van der Waals surface area contributed by atoms with Crippen molar-refractivity contribution in [2.45, 2.75) is 51.2 Å². The Morgan fingerprint density at radius 2 is 1.97 bits per heavy atom. The lowest BCUT2D eigenvalue weighted by molar-refractivity contribution is -0.131. The number of rotatable bonds is 8. The molecule has 2 aromatic rings. The van der Waals surface area contributed by atoms with E-state index in [4.69, 9.17) is 14.2 Å². The lowest BCUT2D eigenvalue weighted by Gasteiger charge is -2.19. The summed E-state index contributed by atoms with van der Waals surface area (Å²) in [5, 5.41) is 2.89. The quantitative estimate of drug-likeness (QED) is 0.647. The van der Waals surface area contributed by atoms with Crippen LogP contribution in [0, 0.1) is 0 Å². The van der Waals surface area contributed by atoms with Crippen molar-refractivity contribution in [1.29, 1.82) is 0 Å². The predicted molar refractivity (Wildman–Crippen MR) is 126 cm³/mol. The molecule has 2 aliphatic heterocycles. The minimum atomic E-state index is -0.269. The van der Waals surface area contributed by atoms with Gasteiger partial charge in [-0.05, 0) is 47.7 Å². The molecule has 2 amide bonds. The molecule has 33 heavy (non-hydrogen) atoms. The number of amides is 2. The van der Waals surface area contributed by atoms with Crippen molar-refractivity contribution >= 4 is 17.5 Å². The summed E-state index contributed by atoms with van der Waals surface area (Å²) in [6.07, 6.45) is 1.91. The largest absolute Gasteiger partial charge is 0.493 e. The number of nitrogens with one attached hydrogen (secondary N) is 1. The Kier molecular flexibility index (Phi) is 7.18. The first-order valence-electron chi connectivity index (χ1n) is 11.6. The number of carbonyl (C=O) groups is 2. The van der Waals surface area contributed by atoms with Crippen LogP contribution >= 0.6 is 0 Å². The van der Waals surface area contributed by atoms with E-state index in [-0.39, 0.29) is 30.6 Å². The van der Waals surface area contributed by atoms with Gasteiger partial charge in [-0.15, -0.1) is 0 Å². The zero-order valence-corrected chi connectivity index (χ0v) is 19.5. The molecule has 2 aliphatic rings. The van der Waals surface area contributed by atoms with Gasteiger partial charge in [0, 0.05) is 31.0 Å². The van der Waals surface area contributed by atoms with Crippen LogP contribution in [-0.2, 0) is 14.3 Å². The van der Waals surface area contributed by atoms with Crippen molar-refractivity contribution in [3.8, 4) is 11.5 Å². The monoisotopic (exact) mass is 452 g/mol. The highest BCUT2D eigenvalue weighted by molar-refractivity contribution is 5.95. The Balaban J connectivity index is 1.37. The fraction of sp³-hybridized carbons (Fsp3) is 0.462. The Labute approximate surface area is 195 Å². The maximum atomic E-state index is 12.6. The van der Waals surface area contributed by atoms with Gasteiger partial charge in [-0.2, -0.15) is 0 Å². The molecule has 0 aliphatic carbocycles. The van der Waals surface area contributed by atoms with E-state index in [1.165, 1.54) is 5.56 Å². The molecule has 0 radical (unpaired) electrons. The van der Waals surface area contributed by atoms with Gasteiger partial charge in [-0.1, -0.05) is 32.0 Å². The zero-order chi connectivity index (χ0) is 23.4. The van der Waals surface area contributed by atoms with Gasteiger partial charge in [0.15, 0.2) is 17.8 Å². The molecule has 0 saturated carbocycles. The van der Waals surface area contributed by atoms with Crippen molar-refractivity contribution in [3.63, 3.8) is 0 Å². The van der Waals surface area contributed by atoms with Crippen LogP contribution in [0.5, 0.6) is 11.5 Å². The van der Waals surface area contributed by atoms with Crippen LogP contribution in [-0.4, -0.2) is 49.8 Å². The highest BCUT2D eigenvalue weighted by Crippen LogP contribution is 2.36. The molecule has 2 saturated heterocycles. The number of anilines is 1. The minimum absolute atomic E-state index is 0.00613. The summed E-state index contributed by atoms with van der Waals surface area (Å²) >= 11 is 0. The summed E-state index contributed by atoms with van der Waals surface area (Å²) in [6.45, 7) is 5.48. The molecule has 176 valence electrons. The van der Waals surface area contributed by atoms with Crippen molar-refractivity contribution in [3.05, 3.63) is 53.6 Å². The number of benzene rings is 2. The summed E-state index contributed by atoms with van der Waals surface area (Å²) in [5.41, 5.74) is 2.94. The molecule has 0 bridgehead atoms. The van der Waals surface area contributed by atoms with Gasteiger partial charge < -0.3 is 24.4 Å². The third-order valence-corrected chi connectivity index (χ3v) is 6.22. The lowest BCUT2D eigenvalue weighted by atomic mass is 9.98. The Morgan fingerprint density at radius 3 is 2.64 bits per heavy atom. The number of hydrogen-bond donors (Lipinski definition) is 1. The van der Waals surface area contributed by atoms with Crippen LogP contribution in [0.1, 0.15) is 56.1 Å². The van der Waals surface area contributed by atoms with Gasteiger partial charge in [0.25, 0.3) is 0 Å². The topological polar surface area (TPSA) is 77.1 Å². The van der Waals surface area contributed by atoms with Gasteiger partial charge in [-0.25, -0.2) is 0 Å². The predicted octanol–water partition coefficient (Wildman–Crippen LogP) is 4.29. The molecule has 0 aromatic heterocycles. The van der Waals surface area contributed by atoms with E-state index >= 15 is 0 Å². The first kappa shape index (κ1) is 23.1. The number of methoxy groups -OCH3 is 1. The van der Waals surface area contributed by atoms with E-state index in [2.05, 4.69) is 19.2 Å². The molecule has 2 atom stereocenters. The van der Waals surface area contributed by atoms with Crippen molar-refractivity contribution in [2.75, 3.05) is 32.1 Å². The maximum Gasteiger partial charge on any atom is 0.243 e. The number of nitrogens with zero attached hydrogens (tertiary/aromatic N) is 1. The molecule has 2 fully saturated rings. The number of likely N-dealkylation sites (tertiary alicyclic amines) is 1. The van der Waals surface area contributed by atoms with Gasteiger partial charge in [0.1, 0.15) is 0 Å². The van der Waals surface area contributed by atoms with E-state index < -0.39 is 0 Å². The smallest absolute Gasteiger partial charge is 0.243 e. The van der Waals surface area contributed by atoms with E-state index in [1.54, 1.807) is 12.0 Å². The average Bonchev–Trinajstić information content (AvgIpc) is 3.44. The molecular formula is C26H32N2O5. The summed E-state index contributed by atoms with van der Waals surface area (Å²) in [5.74, 6) is 1.46. The summed E-state index contributed by atoms with van der Waals surface area (Å²) < 4.78 is 17.0. The molecule has 7 nitrogen and oxygen atoms in total. The maximum absolute atomic E-state index is 12.6. The van der Waals surface area contributed by atoms with Gasteiger partial charge in [-0.3, -0.25) is 9.59 Å². The lowest BCUT2D eigenvalue weighted by Crippen LogP contribution is -2.34. The average molecular weight is 453 g/mol. The van der Waals surface area contributed by atoms with Crippen molar-refractivity contribution in [1.82, 2.24) is 4.90 Å². The Bertz CT molecular complexity index is 983. The first-order chi connectivity index (χ1) is 15.9. The fourth-order valence-electron chi connectivity index (χ4n) is 4.30. The van der Waals surface area contributed by atoms with E-state index in [0.29, 0.717) is 37.0 Å². The van der Waals surface area contributed by atoms with Crippen molar-refractivity contribution in [2.24, 2.45) is 0 Å². The van der Waals surface area contributed by atoms with Crippen molar-refractivity contribution < 1.29 is 23.8 Å². The summed E-state index contributed by atoms with van der Waals surface area (Å²) in [4.78, 5) is 26.8. The van der Waals surface area contributed by atoms with E-state index in [0.717, 1.165) is 24.1 Å². The van der Waals surface area contributed by atoms with Gasteiger partial charge >= 0.3 is 0 Å². The summed E-state index contributed by atoms with van der Waals surface area (Å²) in [6, 6.07) is 13.6. The molecule has 1 N–H and O–H groups in total. The number of hydrogen-bond acceptors (Lipinski definition) is 5. The third-order valence-electron chi connectivity index (χ3n) is 6.22. The molecule has 2 heterocycles. The second kappa shape index (κ2) is 10.3. The fourth-order valence-corrected chi connectivity index (χ4v) is 4.30. The van der Waals surface area contributed by atoms with Crippen LogP contribution in [0.3, 0.4) is 0 Å². The second-order valence-electron chi connectivity index (χ2n) is 8.97. The molecule has 7 heteroatoms. The van der Waals surface area contributed by atoms with Gasteiger partial charge in [0.05, 0.1) is 20.3 Å². The zero-order valence-electron chi connectivity index (χ0n) is 19.5. The Hall–Kier alpha value is -3.06. The third kappa shape index (κ3) is 5.66. The highest BCUT2D eigenvalue weighted by Gasteiger charge is 2.32. The minimum Gasteiger partial charge on any atom is -0.493 e. The van der Waals surface area contributed by atoms with E-state index in [1.807, 2.05) is 42.5 Å². The second-order valence-corrected chi connectivity index (χ2v) is 8.97. The molecule has 4 rings (SSSR count). The molecule has 2 unspecified atom stereocenters. The molecular weight excluding hydrogens is 420 g/mol. The standard InChI is InChI=1S/C26H32N2O5/c1-17(2)18-6-9-21(10-7-18)27-24(29)16-28-15-20(14-25(28)30)19-8-11-22(31-3)23(13-19)33-26-5-4-12-32-26/h6-11,13,17,20,26H,4-5,12,14-16H2,1-3H3,(H,27,29).